The van der Waals surface area contributed by atoms with E-state index in [-0.39, 0.29) is 17.3 Å². The summed E-state index contributed by atoms with van der Waals surface area (Å²) in [5.41, 5.74) is 1.40. The highest BCUT2D eigenvalue weighted by atomic mass is 35.5. The number of anilines is 1. The fourth-order valence-corrected chi connectivity index (χ4v) is 3.76. The van der Waals surface area contributed by atoms with Gasteiger partial charge in [0.2, 0.25) is 0 Å². The van der Waals surface area contributed by atoms with E-state index in [0.717, 1.165) is 0 Å². The van der Waals surface area contributed by atoms with Gasteiger partial charge in [0.25, 0.3) is 0 Å². The van der Waals surface area contributed by atoms with Crippen LogP contribution in [0, 0.1) is 11.7 Å². The number of pyridine rings is 1. The number of ketones is 1. The summed E-state index contributed by atoms with van der Waals surface area (Å²) in [6, 6.07) is 5.84. The first-order chi connectivity index (χ1) is 13.0. The van der Waals surface area contributed by atoms with Gasteiger partial charge in [-0.15, -0.1) is 0 Å². The first-order valence-electron chi connectivity index (χ1n) is 8.54. The van der Waals surface area contributed by atoms with E-state index in [1.165, 1.54) is 18.2 Å². The van der Waals surface area contributed by atoms with Crippen LogP contribution in [-0.4, -0.2) is 33.8 Å². The molecule has 0 saturated carbocycles. The number of rotatable bonds is 3. The Labute approximate surface area is 165 Å². The monoisotopic (exact) mass is 404 g/mol. The van der Waals surface area contributed by atoms with Gasteiger partial charge in [0.05, 0.1) is 17.3 Å². The van der Waals surface area contributed by atoms with E-state index in [2.05, 4.69) is 15.0 Å². The van der Waals surface area contributed by atoms with Crippen molar-refractivity contribution in [2.24, 2.45) is 5.92 Å². The molecule has 0 atom stereocenters. The van der Waals surface area contributed by atoms with E-state index in [9.17, 15) is 9.18 Å². The molecule has 27 heavy (non-hydrogen) atoms. The van der Waals surface area contributed by atoms with Gasteiger partial charge in [0.15, 0.2) is 16.8 Å². The Morgan fingerprint density at radius 1 is 1.11 bits per heavy atom. The molecule has 0 radical (unpaired) electrons. The second kappa shape index (κ2) is 7.37. The Kier molecular flexibility index (Phi) is 4.93. The molecule has 3 heterocycles. The lowest BCUT2D eigenvalue weighted by Gasteiger charge is -2.32. The van der Waals surface area contributed by atoms with Crippen molar-refractivity contribution in [1.29, 1.82) is 0 Å². The zero-order valence-electron chi connectivity index (χ0n) is 14.2. The van der Waals surface area contributed by atoms with E-state index < -0.39 is 5.82 Å². The van der Waals surface area contributed by atoms with Gasteiger partial charge in [-0.25, -0.2) is 14.4 Å². The maximum Gasteiger partial charge on any atom is 0.172 e. The topological polar surface area (TPSA) is 59.0 Å². The van der Waals surface area contributed by atoms with Crippen molar-refractivity contribution in [2.75, 3.05) is 18.0 Å². The zero-order valence-corrected chi connectivity index (χ0v) is 15.7. The van der Waals surface area contributed by atoms with Gasteiger partial charge in [0.1, 0.15) is 11.3 Å². The summed E-state index contributed by atoms with van der Waals surface area (Å²) in [6.45, 7) is 1.17. The molecule has 0 aliphatic carbocycles. The molecule has 1 aromatic carbocycles. The maximum absolute atomic E-state index is 14.0. The fraction of sp³-hybridized carbons (Fsp3) is 0.263. The molecule has 1 aliphatic rings. The van der Waals surface area contributed by atoms with Gasteiger partial charge >= 0.3 is 0 Å². The van der Waals surface area contributed by atoms with E-state index in [1.807, 2.05) is 4.90 Å². The molecule has 0 N–H and O–H groups in total. The van der Waals surface area contributed by atoms with Crippen molar-refractivity contribution in [1.82, 2.24) is 15.0 Å². The number of carbonyl (C=O) groups excluding carboxylic acids is 1. The molecule has 0 bridgehead atoms. The number of nitrogens with zero attached hydrogens (tertiary/aromatic N) is 4. The number of carbonyl (C=O) groups is 1. The average molecular weight is 405 g/mol. The largest absolute Gasteiger partial charge is 0.354 e. The molecule has 2 aromatic heterocycles. The van der Waals surface area contributed by atoms with Crippen LogP contribution in [0.5, 0.6) is 0 Å². The lowest BCUT2D eigenvalue weighted by Crippen LogP contribution is -2.37. The number of aromatic nitrogens is 3. The van der Waals surface area contributed by atoms with Crippen LogP contribution >= 0.6 is 23.2 Å². The molecule has 5 nitrogen and oxygen atoms in total. The Bertz CT molecular complexity index is 1020. The van der Waals surface area contributed by atoms with E-state index >= 15 is 0 Å². The molecule has 0 amide bonds. The van der Waals surface area contributed by atoms with Gasteiger partial charge in [-0.2, -0.15) is 0 Å². The fourth-order valence-electron chi connectivity index (χ4n) is 3.34. The van der Waals surface area contributed by atoms with Crippen molar-refractivity contribution in [3.8, 4) is 0 Å². The zero-order chi connectivity index (χ0) is 19.0. The first kappa shape index (κ1) is 18.1. The highest BCUT2D eigenvalue weighted by Gasteiger charge is 2.29. The van der Waals surface area contributed by atoms with Crippen LogP contribution in [0.25, 0.3) is 11.0 Å². The summed E-state index contributed by atoms with van der Waals surface area (Å²) in [4.78, 5) is 27.6. The molecule has 3 aromatic rings. The van der Waals surface area contributed by atoms with Crippen molar-refractivity contribution >= 4 is 45.8 Å². The predicted octanol–water partition coefficient (Wildman–Crippen LogP) is 4.57. The number of hydrogen-bond donors (Lipinski definition) is 0. The van der Waals surface area contributed by atoms with Gasteiger partial charge in [-0.3, -0.25) is 9.78 Å². The van der Waals surface area contributed by atoms with Gasteiger partial charge in [-0.05, 0) is 37.1 Å². The maximum atomic E-state index is 14.0. The lowest BCUT2D eigenvalue weighted by molar-refractivity contribution is 0.0896. The molecule has 1 fully saturated rings. The number of fused-ring (bicyclic) bond motifs is 1. The average Bonchev–Trinajstić information content (AvgIpc) is 2.69. The van der Waals surface area contributed by atoms with Crippen LogP contribution in [0.3, 0.4) is 0 Å². The molecule has 0 spiro atoms. The second-order valence-electron chi connectivity index (χ2n) is 6.45. The molecular formula is C19H15Cl2FN4O. The molecule has 0 unspecified atom stereocenters. The standard InChI is InChI=1S/C19H15Cl2FN4O/c20-12-1-2-14(22)13(9-12)17(27)11-4-7-26(8-5-11)19-18(21)24-16-10-23-6-3-15(16)25-19/h1-3,6,9-11H,4-5,7-8H2. The molecule has 8 heteroatoms. The Morgan fingerprint density at radius 3 is 2.67 bits per heavy atom. The van der Waals surface area contributed by atoms with E-state index in [1.54, 1.807) is 18.5 Å². The predicted molar refractivity (Wildman–Crippen MR) is 103 cm³/mol. The van der Waals surface area contributed by atoms with Crippen molar-refractivity contribution in [3.63, 3.8) is 0 Å². The Hall–Kier alpha value is -2.31. The van der Waals surface area contributed by atoms with Gasteiger partial charge in [-0.1, -0.05) is 23.2 Å². The van der Waals surface area contributed by atoms with Crippen LogP contribution in [0.2, 0.25) is 10.2 Å². The molecule has 1 saturated heterocycles. The summed E-state index contributed by atoms with van der Waals surface area (Å²) in [5, 5.41) is 0.658. The first-order valence-corrected chi connectivity index (χ1v) is 9.30. The van der Waals surface area contributed by atoms with Crippen molar-refractivity contribution in [2.45, 2.75) is 12.8 Å². The number of hydrogen-bond acceptors (Lipinski definition) is 5. The third kappa shape index (κ3) is 3.59. The number of Topliss-reactive ketones (excluding diaryl/α,β-unsaturated/α-hetero) is 1. The Morgan fingerprint density at radius 2 is 1.89 bits per heavy atom. The molecule has 1 aliphatic heterocycles. The summed E-state index contributed by atoms with van der Waals surface area (Å²) in [7, 11) is 0. The van der Waals surface area contributed by atoms with Gasteiger partial charge < -0.3 is 4.90 Å². The van der Waals surface area contributed by atoms with E-state index in [4.69, 9.17) is 23.2 Å². The minimum absolute atomic E-state index is 0.0528. The summed E-state index contributed by atoms with van der Waals surface area (Å²) >= 11 is 12.2. The van der Waals surface area contributed by atoms with Gasteiger partial charge in [0, 0.05) is 30.2 Å². The van der Waals surface area contributed by atoms with Crippen molar-refractivity contribution < 1.29 is 9.18 Å². The van der Waals surface area contributed by atoms with Crippen LogP contribution < -0.4 is 4.90 Å². The molecule has 138 valence electrons. The quantitative estimate of drug-likeness (QED) is 0.598. The highest BCUT2D eigenvalue weighted by molar-refractivity contribution is 6.32. The number of benzene rings is 1. The summed E-state index contributed by atoms with van der Waals surface area (Å²) < 4.78 is 14.0. The third-order valence-corrected chi connectivity index (χ3v) is 5.25. The normalized spacial score (nSPS) is 15.3. The molecular weight excluding hydrogens is 390 g/mol. The summed E-state index contributed by atoms with van der Waals surface area (Å²) in [6.07, 6.45) is 4.43. The van der Waals surface area contributed by atoms with Crippen LogP contribution in [0.1, 0.15) is 23.2 Å². The van der Waals surface area contributed by atoms with E-state index in [0.29, 0.717) is 53.0 Å². The third-order valence-electron chi connectivity index (χ3n) is 4.77. The number of halogens is 3. The van der Waals surface area contributed by atoms with Crippen LogP contribution in [-0.2, 0) is 0 Å². The minimum Gasteiger partial charge on any atom is -0.354 e. The van der Waals surface area contributed by atoms with Crippen molar-refractivity contribution in [3.05, 3.63) is 58.2 Å². The van der Waals surface area contributed by atoms with Crippen LogP contribution in [0.4, 0.5) is 10.2 Å². The minimum atomic E-state index is -0.538. The SMILES string of the molecule is O=C(c1cc(Cl)ccc1F)C1CCN(c2nc3ccncc3nc2Cl)CC1. The lowest BCUT2D eigenvalue weighted by atomic mass is 9.88. The smallest absolute Gasteiger partial charge is 0.172 e. The summed E-state index contributed by atoms with van der Waals surface area (Å²) in [5.74, 6) is -0.416. The Balaban J connectivity index is 1.51. The highest BCUT2D eigenvalue weighted by Crippen LogP contribution is 2.30. The number of piperidine rings is 1. The van der Waals surface area contributed by atoms with Crippen LogP contribution in [0.15, 0.2) is 36.7 Å². The second-order valence-corrected chi connectivity index (χ2v) is 7.25. The molecule has 4 rings (SSSR count).